The van der Waals surface area contributed by atoms with Crippen molar-refractivity contribution < 1.29 is 24.2 Å². The summed E-state index contributed by atoms with van der Waals surface area (Å²) in [6, 6.07) is 4.34. The number of Topliss-reactive ketones (excluding diaryl/α,β-unsaturated/α-hetero) is 2. The van der Waals surface area contributed by atoms with Crippen molar-refractivity contribution in [2.24, 2.45) is 0 Å². The minimum atomic E-state index is -1.72. The fraction of sp³-hybridized carbons (Fsp3) is 0.200. The molecule has 0 fully saturated rings. The van der Waals surface area contributed by atoms with Gasteiger partial charge in [-0.2, -0.15) is 0 Å². The van der Waals surface area contributed by atoms with Gasteiger partial charge in [-0.1, -0.05) is 0 Å². The summed E-state index contributed by atoms with van der Waals surface area (Å²) in [6.45, 7) is -0.814. The average molecular weight is 212 g/mol. The predicted molar refractivity (Wildman–Crippen MR) is 48.8 cm³/mol. The van der Waals surface area contributed by atoms with Crippen molar-refractivity contribution in [3.05, 3.63) is 35.6 Å². The molecule has 15 heavy (non-hydrogen) atoms. The minimum absolute atomic E-state index is 0.0195. The van der Waals surface area contributed by atoms with Gasteiger partial charge >= 0.3 is 0 Å². The fourth-order valence-corrected chi connectivity index (χ4v) is 0.978. The molecule has 1 rings (SSSR count). The van der Waals surface area contributed by atoms with Gasteiger partial charge in [0.15, 0.2) is 0 Å². The summed E-state index contributed by atoms with van der Waals surface area (Å²) < 4.78 is 12.5. The van der Waals surface area contributed by atoms with Crippen LogP contribution in [-0.2, 0) is 4.79 Å². The topological polar surface area (TPSA) is 74.6 Å². The Morgan fingerprint density at radius 3 is 2.27 bits per heavy atom. The van der Waals surface area contributed by atoms with Crippen LogP contribution in [0.25, 0.3) is 0 Å². The van der Waals surface area contributed by atoms with Gasteiger partial charge in [-0.25, -0.2) is 4.39 Å². The molecule has 1 aromatic rings. The van der Waals surface area contributed by atoms with Crippen LogP contribution in [-0.4, -0.2) is 34.5 Å². The first-order chi connectivity index (χ1) is 7.06. The highest BCUT2D eigenvalue weighted by atomic mass is 19.1. The van der Waals surface area contributed by atoms with Crippen molar-refractivity contribution in [1.82, 2.24) is 0 Å². The maximum absolute atomic E-state index is 12.5. The first kappa shape index (κ1) is 11.5. The Kier molecular flexibility index (Phi) is 3.65. The van der Waals surface area contributed by atoms with Crippen LogP contribution in [0.1, 0.15) is 10.4 Å². The van der Waals surface area contributed by atoms with E-state index in [-0.39, 0.29) is 5.56 Å². The number of benzene rings is 1. The molecule has 0 heterocycles. The molecule has 0 bridgehead atoms. The monoisotopic (exact) mass is 212 g/mol. The Morgan fingerprint density at radius 1 is 1.27 bits per heavy atom. The van der Waals surface area contributed by atoms with Gasteiger partial charge in [-0.3, -0.25) is 9.59 Å². The molecular weight excluding hydrogens is 203 g/mol. The number of rotatable bonds is 4. The number of halogens is 1. The number of aliphatic hydroxyl groups is 2. The number of hydrogen-bond acceptors (Lipinski definition) is 4. The van der Waals surface area contributed by atoms with Gasteiger partial charge < -0.3 is 10.2 Å². The molecule has 80 valence electrons. The molecule has 5 heteroatoms. The third-order valence-corrected chi connectivity index (χ3v) is 1.81. The standard InChI is InChI=1S/C10H9FO4/c11-7-3-1-6(2-4-7)9(14)10(15)8(13)5-12/h1-4,8,12-13H,5H2. The SMILES string of the molecule is O=C(C(=O)C(O)CO)c1ccc(F)cc1. The molecule has 0 saturated carbocycles. The Balaban J connectivity index is 2.85. The van der Waals surface area contributed by atoms with E-state index in [4.69, 9.17) is 10.2 Å². The highest BCUT2D eigenvalue weighted by molar-refractivity contribution is 6.45. The van der Waals surface area contributed by atoms with Crippen LogP contribution in [0.15, 0.2) is 24.3 Å². The van der Waals surface area contributed by atoms with E-state index < -0.39 is 30.1 Å². The molecule has 4 nitrogen and oxygen atoms in total. The third kappa shape index (κ3) is 2.68. The van der Waals surface area contributed by atoms with Gasteiger partial charge in [-0.05, 0) is 24.3 Å². The number of carbonyl (C=O) groups is 2. The Morgan fingerprint density at radius 2 is 1.80 bits per heavy atom. The van der Waals surface area contributed by atoms with E-state index in [9.17, 15) is 14.0 Å². The number of carbonyl (C=O) groups excluding carboxylic acids is 2. The summed E-state index contributed by atoms with van der Waals surface area (Å²) in [5, 5.41) is 17.4. The molecule has 0 aromatic heterocycles. The van der Waals surface area contributed by atoms with Crippen LogP contribution in [0, 0.1) is 5.82 Å². The highest BCUT2D eigenvalue weighted by Crippen LogP contribution is 2.05. The second kappa shape index (κ2) is 4.77. The largest absolute Gasteiger partial charge is 0.393 e. The summed E-state index contributed by atoms with van der Waals surface area (Å²) in [5.41, 5.74) is -0.0195. The molecule has 1 unspecified atom stereocenters. The van der Waals surface area contributed by atoms with Gasteiger partial charge in [0.1, 0.15) is 11.9 Å². The zero-order chi connectivity index (χ0) is 11.4. The van der Waals surface area contributed by atoms with E-state index >= 15 is 0 Å². The van der Waals surface area contributed by atoms with E-state index in [1.807, 2.05) is 0 Å². The summed E-state index contributed by atoms with van der Waals surface area (Å²) in [5.74, 6) is -2.58. The van der Waals surface area contributed by atoms with Crippen LogP contribution < -0.4 is 0 Å². The second-order valence-electron chi connectivity index (χ2n) is 2.90. The van der Waals surface area contributed by atoms with E-state index in [0.29, 0.717) is 0 Å². The molecular formula is C10H9FO4. The van der Waals surface area contributed by atoms with Crippen LogP contribution >= 0.6 is 0 Å². The van der Waals surface area contributed by atoms with Crippen molar-refractivity contribution in [3.8, 4) is 0 Å². The van der Waals surface area contributed by atoms with Crippen molar-refractivity contribution >= 4 is 11.6 Å². The van der Waals surface area contributed by atoms with Gasteiger partial charge in [0.25, 0.3) is 0 Å². The minimum Gasteiger partial charge on any atom is -0.393 e. The summed E-state index contributed by atoms with van der Waals surface area (Å²) in [6.07, 6.45) is -1.72. The second-order valence-corrected chi connectivity index (χ2v) is 2.90. The van der Waals surface area contributed by atoms with Crippen molar-refractivity contribution in [1.29, 1.82) is 0 Å². The lowest BCUT2D eigenvalue weighted by molar-refractivity contribution is -0.124. The van der Waals surface area contributed by atoms with E-state index in [1.165, 1.54) is 0 Å². The summed E-state index contributed by atoms with van der Waals surface area (Å²) >= 11 is 0. The lowest BCUT2D eigenvalue weighted by Crippen LogP contribution is -2.31. The molecule has 0 amide bonds. The molecule has 1 aromatic carbocycles. The maximum atomic E-state index is 12.5. The summed E-state index contributed by atoms with van der Waals surface area (Å²) in [7, 11) is 0. The lowest BCUT2D eigenvalue weighted by Gasteiger charge is -2.04. The van der Waals surface area contributed by atoms with Gasteiger partial charge in [0, 0.05) is 5.56 Å². The first-order valence-corrected chi connectivity index (χ1v) is 4.19. The lowest BCUT2D eigenvalue weighted by atomic mass is 10.0. The zero-order valence-electron chi connectivity index (χ0n) is 7.68. The zero-order valence-corrected chi connectivity index (χ0v) is 7.68. The van der Waals surface area contributed by atoms with Crippen molar-refractivity contribution in [2.45, 2.75) is 6.10 Å². The van der Waals surface area contributed by atoms with Gasteiger partial charge in [-0.15, -0.1) is 0 Å². The van der Waals surface area contributed by atoms with E-state index in [2.05, 4.69) is 0 Å². The van der Waals surface area contributed by atoms with Crippen LogP contribution in [0.5, 0.6) is 0 Å². The molecule has 0 spiro atoms. The number of ketones is 2. The molecule has 2 N–H and O–H groups in total. The smallest absolute Gasteiger partial charge is 0.234 e. The third-order valence-electron chi connectivity index (χ3n) is 1.81. The molecule has 0 aliphatic heterocycles. The predicted octanol–water partition coefficient (Wildman–Crippen LogP) is -0.0693. The van der Waals surface area contributed by atoms with Crippen LogP contribution in [0.2, 0.25) is 0 Å². The van der Waals surface area contributed by atoms with Crippen molar-refractivity contribution in [2.75, 3.05) is 6.61 Å². The molecule has 1 atom stereocenters. The molecule has 0 radical (unpaired) electrons. The molecule has 0 saturated heterocycles. The first-order valence-electron chi connectivity index (χ1n) is 4.19. The van der Waals surface area contributed by atoms with Gasteiger partial charge in [0.2, 0.25) is 11.6 Å². The van der Waals surface area contributed by atoms with E-state index in [1.54, 1.807) is 0 Å². The molecule has 0 aliphatic rings. The number of aliphatic hydroxyl groups excluding tert-OH is 2. The Hall–Kier alpha value is -1.59. The quantitative estimate of drug-likeness (QED) is 0.541. The number of hydrogen-bond donors (Lipinski definition) is 2. The average Bonchev–Trinajstić information content (AvgIpc) is 2.27. The normalized spacial score (nSPS) is 12.2. The Labute approximate surface area is 85.0 Å². The van der Waals surface area contributed by atoms with Crippen LogP contribution in [0.4, 0.5) is 4.39 Å². The van der Waals surface area contributed by atoms with E-state index in [0.717, 1.165) is 24.3 Å². The summed E-state index contributed by atoms with van der Waals surface area (Å²) in [4.78, 5) is 22.4. The molecule has 0 aliphatic carbocycles. The Bertz CT molecular complexity index is 372. The van der Waals surface area contributed by atoms with Crippen LogP contribution in [0.3, 0.4) is 0 Å². The van der Waals surface area contributed by atoms with Crippen molar-refractivity contribution in [3.63, 3.8) is 0 Å². The maximum Gasteiger partial charge on any atom is 0.234 e. The van der Waals surface area contributed by atoms with Gasteiger partial charge in [0.05, 0.1) is 6.61 Å². The highest BCUT2D eigenvalue weighted by Gasteiger charge is 2.23. The fourth-order valence-electron chi connectivity index (χ4n) is 0.978.